The van der Waals surface area contributed by atoms with E-state index in [2.05, 4.69) is 12.2 Å². The topological polar surface area (TPSA) is 58.6 Å². The van der Waals surface area contributed by atoms with E-state index >= 15 is 0 Å². The summed E-state index contributed by atoms with van der Waals surface area (Å²) in [5.74, 6) is 1.80. The first-order valence-electron chi connectivity index (χ1n) is 11.3. The molecular formula is C26H36N2O3S. The number of hydrogen-bond donors (Lipinski definition) is 1. The zero-order valence-electron chi connectivity index (χ0n) is 19.7. The van der Waals surface area contributed by atoms with Gasteiger partial charge in [0.15, 0.2) is 0 Å². The lowest BCUT2D eigenvalue weighted by atomic mass is 10.1. The van der Waals surface area contributed by atoms with Crippen molar-refractivity contribution in [2.24, 2.45) is 0 Å². The molecule has 2 aromatic carbocycles. The van der Waals surface area contributed by atoms with Crippen LogP contribution in [-0.4, -0.2) is 42.2 Å². The summed E-state index contributed by atoms with van der Waals surface area (Å²) in [6.45, 7) is 7.18. The summed E-state index contributed by atoms with van der Waals surface area (Å²) in [5, 5.41) is 3.01. The zero-order valence-corrected chi connectivity index (χ0v) is 20.5. The van der Waals surface area contributed by atoms with E-state index in [-0.39, 0.29) is 11.8 Å². The Bertz CT molecular complexity index is 854. The molecule has 6 heteroatoms. The van der Waals surface area contributed by atoms with Gasteiger partial charge in [0.05, 0.1) is 12.9 Å². The predicted octanol–water partition coefficient (Wildman–Crippen LogP) is 4.96. The number of benzene rings is 2. The highest BCUT2D eigenvalue weighted by molar-refractivity contribution is 7.99. The molecule has 2 amide bonds. The van der Waals surface area contributed by atoms with Gasteiger partial charge in [-0.2, -0.15) is 0 Å². The lowest BCUT2D eigenvalue weighted by Gasteiger charge is -2.31. The largest absolute Gasteiger partial charge is 0.497 e. The number of ether oxygens (including phenoxy) is 1. The first kappa shape index (κ1) is 25.8. The van der Waals surface area contributed by atoms with Gasteiger partial charge in [0, 0.05) is 18.8 Å². The fourth-order valence-electron chi connectivity index (χ4n) is 3.46. The van der Waals surface area contributed by atoms with Crippen LogP contribution in [0.15, 0.2) is 48.5 Å². The van der Waals surface area contributed by atoms with Gasteiger partial charge in [-0.25, -0.2) is 0 Å². The molecule has 0 bridgehead atoms. The Morgan fingerprint density at radius 1 is 1.09 bits per heavy atom. The maximum atomic E-state index is 13.3. The Balaban J connectivity index is 2.09. The zero-order chi connectivity index (χ0) is 23.3. The van der Waals surface area contributed by atoms with Crippen molar-refractivity contribution in [1.29, 1.82) is 0 Å². The Hall–Kier alpha value is -2.47. The molecule has 0 saturated carbocycles. The number of carbonyl (C=O) groups is 2. The number of carbonyl (C=O) groups excluding carboxylic acids is 2. The minimum absolute atomic E-state index is 0.00995. The summed E-state index contributed by atoms with van der Waals surface area (Å²) < 4.78 is 5.20. The van der Waals surface area contributed by atoms with E-state index in [0.717, 1.165) is 41.0 Å². The van der Waals surface area contributed by atoms with E-state index < -0.39 is 6.04 Å². The number of unbranched alkanes of at least 4 members (excludes halogenated alkanes) is 1. The van der Waals surface area contributed by atoms with Crippen molar-refractivity contribution in [2.75, 3.05) is 19.4 Å². The normalized spacial score (nSPS) is 11.6. The highest BCUT2D eigenvalue weighted by atomic mass is 32.2. The van der Waals surface area contributed by atoms with Gasteiger partial charge < -0.3 is 15.0 Å². The van der Waals surface area contributed by atoms with E-state index in [0.29, 0.717) is 25.3 Å². The van der Waals surface area contributed by atoms with Gasteiger partial charge in [-0.3, -0.25) is 9.59 Å². The molecule has 2 rings (SSSR count). The number of amides is 2. The van der Waals surface area contributed by atoms with Crippen LogP contribution < -0.4 is 10.1 Å². The van der Waals surface area contributed by atoms with Gasteiger partial charge in [-0.15, -0.1) is 11.8 Å². The van der Waals surface area contributed by atoms with Crippen LogP contribution >= 0.6 is 11.8 Å². The fraction of sp³-hybridized carbons (Fsp3) is 0.462. The molecule has 0 unspecified atom stereocenters. The molecule has 0 aliphatic carbocycles. The number of rotatable bonds is 13. The minimum atomic E-state index is -0.472. The standard InChI is InChI=1S/C26H36N2O3S/c1-5-7-16-27-26(30)24(6-2)28(17-22-11-9-8-10-20(22)3)25(29)19-32-18-21-12-14-23(31-4)15-13-21/h8-15,24H,5-7,16-19H2,1-4H3,(H,27,30)/t24-/m1/s1. The molecule has 0 aliphatic heterocycles. The monoisotopic (exact) mass is 456 g/mol. The minimum Gasteiger partial charge on any atom is -0.497 e. The Labute approximate surface area is 196 Å². The quantitative estimate of drug-likeness (QED) is 0.433. The maximum absolute atomic E-state index is 13.3. The molecule has 1 atom stereocenters. The van der Waals surface area contributed by atoms with Gasteiger partial charge in [-0.1, -0.05) is 56.7 Å². The highest BCUT2D eigenvalue weighted by Crippen LogP contribution is 2.20. The van der Waals surface area contributed by atoms with Gasteiger partial charge >= 0.3 is 0 Å². The summed E-state index contributed by atoms with van der Waals surface area (Å²) in [7, 11) is 1.65. The van der Waals surface area contributed by atoms with Crippen LogP contribution in [0.5, 0.6) is 5.75 Å². The molecule has 2 aromatic rings. The van der Waals surface area contributed by atoms with Crippen LogP contribution in [-0.2, 0) is 21.9 Å². The van der Waals surface area contributed by atoms with Crippen molar-refractivity contribution in [3.05, 3.63) is 65.2 Å². The van der Waals surface area contributed by atoms with Crippen LogP contribution in [0.4, 0.5) is 0 Å². The molecule has 0 saturated heterocycles. The summed E-state index contributed by atoms with van der Waals surface area (Å²) >= 11 is 1.57. The first-order valence-corrected chi connectivity index (χ1v) is 12.5. The van der Waals surface area contributed by atoms with Crippen molar-refractivity contribution in [3.8, 4) is 5.75 Å². The molecule has 5 nitrogen and oxygen atoms in total. The fourth-order valence-corrected chi connectivity index (χ4v) is 4.33. The lowest BCUT2D eigenvalue weighted by molar-refractivity contribution is -0.139. The Morgan fingerprint density at radius 3 is 2.44 bits per heavy atom. The molecule has 0 radical (unpaired) electrons. The smallest absolute Gasteiger partial charge is 0.242 e. The van der Waals surface area contributed by atoms with E-state index in [1.165, 1.54) is 0 Å². The second kappa shape index (κ2) is 13.8. The molecule has 0 aromatic heterocycles. The van der Waals surface area contributed by atoms with Crippen LogP contribution in [0.1, 0.15) is 49.8 Å². The molecule has 0 heterocycles. The molecule has 1 N–H and O–H groups in total. The van der Waals surface area contributed by atoms with E-state index in [9.17, 15) is 9.59 Å². The van der Waals surface area contributed by atoms with Crippen LogP contribution in [0.2, 0.25) is 0 Å². The van der Waals surface area contributed by atoms with Gasteiger partial charge in [0.2, 0.25) is 11.8 Å². The average molecular weight is 457 g/mol. The van der Waals surface area contributed by atoms with Gasteiger partial charge in [0.1, 0.15) is 11.8 Å². The van der Waals surface area contributed by atoms with E-state index in [4.69, 9.17) is 4.74 Å². The number of aryl methyl sites for hydroxylation is 1. The van der Waals surface area contributed by atoms with Crippen LogP contribution in [0.3, 0.4) is 0 Å². The van der Waals surface area contributed by atoms with Crippen molar-refractivity contribution in [2.45, 2.75) is 58.4 Å². The predicted molar refractivity (Wildman–Crippen MR) is 133 cm³/mol. The van der Waals surface area contributed by atoms with Gasteiger partial charge in [-0.05, 0) is 48.6 Å². The Kier molecular flexibility index (Phi) is 11.2. The van der Waals surface area contributed by atoms with E-state index in [1.807, 2.05) is 62.4 Å². The third kappa shape index (κ3) is 7.90. The first-order chi connectivity index (χ1) is 15.5. The second-order valence-corrected chi connectivity index (χ2v) is 8.84. The van der Waals surface area contributed by atoms with Crippen molar-refractivity contribution in [1.82, 2.24) is 10.2 Å². The molecule has 174 valence electrons. The number of nitrogens with zero attached hydrogens (tertiary/aromatic N) is 1. The summed E-state index contributed by atoms with van der Waals surface area (Å²) in [6, 6.07) is 15.4. The lowest BCUT2D eigenvalue weighted by Crippen LogP contribution is -2.49. The second-order valence-electron chi connectivity index (χ2n) is 7.86. The number of thioether (sulfide) groups is 1. The molecule has 32 heavy (non-hydrogen) atoms. The van der Waals surface area contributed by atoms with Crippen LogP contribution in [0.25, 0.3) is 0 Å². The number of hydrogen-bond acceptors (Lipinski definition) is 4. The van der Waals surface area contributed by atoms with Crippen LogP contribution in [0, 0.1) is 6.92 Å². The third-order valence-corrected chi connectivity index (χ3v) is 6.46. The maximum Gasteiger partial charge on any atom is 0.242 e. The van der Waals surface area contributed by atoms with E-state index in [1.54, 1.807) is 23.8 Å². The highest BCUT2D eigenvalue weighted by Gasteiger charge is 2.28. The van der Waals surface area contributed by atoms with Crippen molar-refractivity contribution >= 4 is 23.6 Å². The number of methoxy groups -OCH3 is 1. The summed E-state index contributed by atoms with van der Waals surface area (Å²) in [6.07, 6.45) is 2.54. The number of nitrogens with one attached hydrogen (secondary N) is 1. The Morgan fingerprint density at radius 2 is 1.81 bits per heavy atom. The molecule has 0 fully saturated rings. The summed E-state index contributed by atoms with van der Waals surface area (Å²) in [5.41, 5.74) is 3.33. The van der Waals surface area contributed by atoms with Crippen molar-refractivity contribution < 1.29 is 14.3 Å². The average Bonchev–Trinajstić information content (AvgIpc) is 2.80. The summed E-state index contributed by atoms with van der Waals surface area (Å²) in [4.78, 5) is 27.9. The van der Waals surface area contributed by atoms with Gasteiger partial charge in [0.25, 0.3) is 0 Å². The molecule has 0 spiro atoms. The third-order valence-electron chi connectivity index (χ3n) is 5.47. The SMILES string of the molecule is CCCCNC(=O)[C@@H](CC)N(Cc1ccccc1C)C(=O)CSCc1ccc(OC)cc1. The molecular weight excluding hydrogens is 420 g/mol. The molecule has 0 aliphatic rings. The van der Waals surface area contributed by atoms with Crippen molar-refractivity contribution in [3.63, 3.8) is 0 Å².